The normalized spacial score (nSPS) is 23.5. The van der Waals surface area contributed by atoms with Gasteiger partial charge in [-0.2, -0.15) is 5.10 Å². The van der Waals surface area contributed by atoms with Crippen molar-refractivity contribution < 1.29 is 17.6 Å². The number of hydrogen-bond donors (Lipinski definition) is 1. The van der Waals surface area contributed by atoms with Gasteiger partial charge in [-0.1, -0.05) is 20.8 Å². The molecule has 9 heteroatoms. The summed E-state index contributed by atoms with van der Waals surface area (Å²) in [5.41, 5.74) is 0. The van der Waals surface area contributed by atoms with Gasteiger partial charge in [-0.3, -0.25) is 0 Å². The minimum atomic E-state index is -3.86. The van der Waals surface area contributed by atoms with Gasteiger partial charge in [0.2, 0.25) is 15.9 Å². The summed E-state index contributed by atoms with van der Waals surface area (Å²) in [4.78, 5) is 0. The monoisotopic (exact) mass is 333 g/mol. The molecule has 2 unspecified atom stereocenters. The highest BCUT2D eigenvalue weighted by atomic mass is 32.2. The van der Waals surface area contributed by atoms with E-state index in [1.165, 1.54) is 10.9 Å². The highest BCUT2D eigenvalue weighted by Crippen LogP contribution is 2.40. The number of primary sulfonamides is 1. The third kappa shape index (κ3) is 3.15. The van der Waals surface area contributed by atoms with Crippen molar-refractivity contribution in [3.63, 3.8) is 0 Å². The van der Waals surface area contributed by atoms with E-state index < -0.39 is 29.8 Å². The van der Waals surface area contributed by atoms with E-state index in [-0.39, 0.29) is 11.6 Å². The molecule has 2 N–H and O–H groups in total. The number of nitrogens with zero attached hydrogens (tertiary/aromatic N) is 2. The Kier molecular flexibility index (Phi) is 3.98. The summed E-state index contributed by atoms with van der Waals surface area (Å²) in [7, 11) is -6.01. The van der Waals surface area contributed by atoms with Crippen LogP contribution in [-0.2, 0) is 14.4 Å². The summed E-state index contributed by atoms with van der Waals surface area (Å²) in [5, 5.41) is 8.32. The lowest BCUT2D eigenvalue weighted by Gasteiger charge is -2.42. The molecular formula is C12H23N3O4SSi. The molecule has 0 aliphatic carbocycles. The van der Waals surface area contributed by atoms with E-state index in [0.717, 1.165) is 0 Å². The third-order valence-corrected chi connectivity index (χ3v) is 9.86. The lowest BCUT2D eigenvalue weighted by Crippen LogP contribution is -2.52. The molecule has 0 bridgehead atoms. The van der Waals surface area contributed by atoms with Crippen molar-refractivity contribution in [1.82, 2.24) is 9.78 Å². The van der Waals surface area contributed by atoms with Gasteiger partial charge >= 0.3 is 0 Å². The van der Waals surface area contributed by atoms with Gasteiger partial charge in [-0.25, -0.2) is 18.2 Å². The molecule has 0 amide bonds. The second kappa shape index (κ2) is 5.08. The highest BCUT2D eigenvalue weighted by Gasteiger charge is 2.46. The van der Waals surface area contributed by atoms with E-state index in [2.05, 4.69) is 39.0 Å². The van der Waals surface area contributed by atoms with Crippen molar-refractivity contribution in [2.75, 3.05) is 6.61 Å². The van der Waals surface area contributed by atoms with Crippen molar-refractivity contribution in [3.05, 3.63) is 12.3 Å². The Morgan fingerprint density at radius 3 is 2.62 bits per heavy atom. The largest absolute Gasteiger partial charge is 0.475 e. The van der Waals surface area contributed by atoms with Gasteiger partial charge in [-0.05, 0) is 18.1 Å². The summed E-state index contributed by atoms with van der Waals surface area (Å²) < 4.78 is 37.0. The van der Waals surface area contributed by atoms with Crippen molar-refractivity contribution >= 4 is 18.3 Å². The molecule has 0 saturated heterocycles. The second-order valence-electron chi connectivity index (χ2n) is 6.82. The smallest absolute Gasteiger partial charge is 0.235 e. The van der Waals surface area contributed by atoms with E-state index in [1.807, 2.05) is 0 Å². The van der Waals surface area contributed by atoms with Crippen LogP contribution in [0.5, 0.6) is 5.88 Å². The van der Waals surface area contributed by atoms with Crippen LogP contribution in [0.3, 0.4) is 0 Å². The number of nitrogens with two attached hydrogens (primary N) is 1. The average molecular weight is 333 g/mol. The predicted molar refractivity (Wildman–Crippen MR) is 81.9 cm³/mol. The Morgan fingerprint density at radius 1 is 1.48 bits per heavy atom. The molecule has 2 atom stereocenters. The molecule has 1 aliphatic heterocycles. The molecule has 0 spiro atoms. The summed E-state index contributed by atoms with van der Waals surface area (Å²) in [6, 6.07) is 1.61. The standard InChI is InChI=1S/C12H23N3O4SSi/c1-12(2,3)21(4,5)19-9-8-18-10-6-7-14-15(10)11(9)20(13,16)17/h6-7,9,11H,8H2,1-5H3,(H2,13,16,17). The van der Waals surface area contributed by atoms with Crippen LogP contribution in [0.15, 0.2) is 12.3 Å². The highest BCUT2D eigenvalue weighted by molar-refractivity contribution is 7.89. The Morgan fingerprint density at radius 2 is 2.10 bits per heavy atom. The molecule has 0 fully saturated rings. The first-order valence-corrected chi connectivity index (χ1v) is 11.3. The topological polar surface area (TPSA) is 96.4 Å². The zero-order valence-corrected chi connectivity index (χ0v) is 14.8. The fraction of sp³-hybridized carbons (Fsp3) is 0.750. The first-order valence-electron chi connectivity index (χ1n) is 6.79. The van der Waals surface area contributed by atoms with Gasteiger partial charge in [0.25, 0.3) is 0 Å². The quantitative estimate of drug-likeness (QED) is 0.845. The van der Waals surface area contributed by atoms with Crippen molar-refractivity contribution in [1.29, 1.82) is 0 Å². The number of rotatable bonds is 3. The molecule has 0 aromatic carbocycles. The van der Waals surface area contributed by atoms with E-state index >= 15 is 0 Å². The second-order valence-corrected chi connectivity index (χ2v) is 13.2. The SMILES string of the molecule is CC(C)(C)[Si](C)(C)OC1COc2ccnn2C1S(N)(=O)=O. The lowest BCUT2D eigenvalue weighted by molar-refractivity contribution is 0.0568. The lowest BCUT2D eigenvalue weighted by atomic mass is 10.2. The van der Waals surface area contributed by atoms with Gasteiger partial charge in [0, 0.05) is 6.07 Å². The van der Waals surface area contributed by atoms with Crippen LogP contribution < -0.4 is 9.88 Å². The first-order chi connectivity index (χ1) is 9.43. The van der Waals surface area contributed by atoms with Gasteiger partial charge in [0.1, 0.15) is 12.7 Å². The molecule has 1 aromatic heterocycles. The van der Waals surface area contributed by atoms with Crippen molar-refractivity contribution in [2.45, 2.75) is 50.4 Å². The van der Waals surface area contributed by atoms with Crippen molar-refractivity contribution in [2.24, 2.45) is 5.14 Å². The number of sulfonamides is 1. The number of hydrogen-bond acceptors (Lipinski definition) is 5. The van der Waals surface area contributed by atoms with Crippen molar-refractivity contribution in [3.8, 4) is 5.88 Å². The minimum absolute atomic E-state index is 0.0414. The van der Waals surface area contributed by atoms with Crippen LogP contribution in [0.4, 0.5) is 0 Å². The van der Waals surface area contributed by atoms with Crippen LogP contribution in [-0.4, -0.2) is 39.2 Å². The van der Waals surface area contributed by atoms with Crippen LogP contribution in [0.1, 0.15) is 26.1 Å². The molecule has 21 heavy (non-hydrogen) atoms. The minimum Gasteiger partial charge on any atom is -0.475 e. The molecule has 1 aliphatic rings. The summed E-state index contributed by atoms with van der Waals surface area (Å²) in [6.45, 7) is 10.5. The van der Waals surface area contributed by atoms with Crippen LogP contribution in [0, 0.1) is 0 Å². The van der Waals surface area contributed by atoms with E-state index in [9.17, 15) is 8.42 Å². The molecule has 0 radical (unpaired) electrons. The predicted octanol–water partition coefficient (Wildman–Crippen LogP) is 1.45. The molecule has 1 aromatic rings. The Bertz CT molecular complexity index is 621. The maximum absolute atomic E-state index is 12.0. The zero-order chi connectivity index (χ0) is 16.1. The summed E-state index contributed by atoms with van der Waals surface area (Å²) in [5.74, 6) is 0.393. The molecule has 0 saturated carbocycles. The molecule has 2 rings (SSSR count). The maximum atomic E-state index is 12.0. The summed E-state index contributed by atoms with van der Waals surface area (Å²) >= 11 is 0. The molecule has 2 heterocycles. The van der Waals surface area contributed by atoms with Gasteiger partial charge in [0.15, 0.2) is 13.7 Å². The van der Waals surface area contributed by atoms with Crippen LogP contribution in [0.2, 0.25) is 18.1 Å². The Hall–Kier alpha value is -0.903. The third-order valence-electron chi connectivity index (χ3n) is 4.18. The van der Waals surface area contributed by atoms with Gasteiger partial charge < -0.3 is 9.16 Å². The fourth-order valence-electron chi connectivity index (χ4n) is 2.01. The van der Waals surface area contributed by atoms with Crippen LogP contribution >= 0.6 is 0 Å². The number of ether oxygens (including phenoxy) is 1. The molecule has 7 nitrogen and oxygen atoms in total. The molecule has 120 valence electrons. The van der Waals surface area contributed by atoms with E-state index in [0.29, 0.717) is 5.88 Å². The van der Waals surface area contributed by atoms with Crippen LogP contribution in [0.25, 0.3) is 0 Å². The first kappa shape index (κ1) is 16.5. The van der Waals surface area contributed by atoms with Gasteiger partial charge in [-0.15, -0.1) is 0 Å². The fourth-order valence-corrected chi connectivity index (χ4v) is 4.41. The maximum Gasteiger partial charge on any atom is 0.235 e. The van der Waals surface area contributed by atoms with Gasteiger partial charge in [0.05, 0.1) is 6.20 Å². The molecular weight excluding hydrogens is 310 g/mol. The Labute approximate surface area is 126 Å². The average Bonchev–Trinajstić information content (AvgIpc) is 2.72. The van der Waals surface area contributed by atoms with E-state index in [1.54, 1.807) is 6.07 Å². The summed E-state index contributed by atoms with van der Waals surface area (Å²) in [6.07, 6.45) is 0.829. The number of aromatic nitrogens is 2. The van der Waals surface area contributed by atoms with E-state index in [4.69, 9.17) is 14.3 Å². The zero-order valence-electron chi connectivity index (χ0n) is 13.0. The Balaban J connectivity index is 2.37. The number of fused-ring (bicyclic) bond motifs is 1.